The van der Waals surface area contributed by atoms with Crippen LogP contribution in [0.3, 0.4) is 0 Å². The van der Waals surface area contributed by atoms with Crippen molar-refractivity contribution in [1.82, 2.24) is 4.90 Å². The normalized spacial score (nSPS) is 13.7. The summed E-state index contributed by atoms with van der Waals surface area (Å²) in [7, 11) is 1.35. The molecule has 0 aromatic rings. The Hall–Kier alpha value is -1.22. The Kier molecular flexibility index (Phi) is 4.44. The zero-order valence-corrected chi connectivity index (χ0v) is 8.00. The Morgan fingerprint density at radius 3 is 2.57 bits per heavy atom. The molecule has 1 unspecified atom stereocenters. The second-order valence-electron chi connectivity index (χ2n) is 3.24. The molecule has 14 heavy (non-hydrogen) atoms. The van der Waals surface area contributed by atoms with Gasteiger partial charge in [0, 0.05) is 6.54 Å². The third kappa shape index (κ3) is 4.14. The van der Waals surface area contributed by atoms with Crippen LogP contribution in [-0.4, -0.2) is 42.0 Å². The maximum atomic E-state index is 12.6. The smallest absolute Gasteiger partial charge is 0.375 e. The number of nitrogens with zero attached hydrogens (tertiary/aromatic N) is 2. The van der Waals surface area contributed by atoms with Gasteiger partial charge in [-0.15, -0.1) is 0 Å². The second-order valence-corrected chi connectivity index (χ2v) is 3.24. The molecule has 4 nitrogen and oxygen atoms in total. The van der Waals surface area contributed by atoms with Crippen molar-refractivity contribution in [2.45, 2.75) is 12.8 Å². The number of aliphatic carboxylic acids is 1. The van der Waals surface area contributed by atoms with E-state index in [1.807, 2.05) is 6.07 Å². The van der Waals surface area contributed by atoms with Crippen LogP contribution in [0.2, 0.25) is 0 Å². The molecule has 0 rings (SSSR count). The van der Waals surface area contributed by atoms with E-state index in [2.05, 4.69) is 0 Å². The molecule has 6 heteroatoms. The summed E-state index contributed by atoms with van der Waals surface area (Å²) >= 11 is 0. The Bertz CT molecular complexity index is 250. The van der Waals surface area contributed by atoms with Crippen LogP contribution in [0.4, 0.5) is 8.78 Å². The van der Waals surface area contributed by atoms with Crippen molar-refractivity contribution in [1.29, 1.82) is 5.26 Å². The van der Waals surface area contributed by atoms with E-state index in [0.717, 1.165) is 4.90 Å². The molecule has 0 heterocycles. The Balaban J connectivity index is 4.13. The fourth-order valence-corrected chi connectivity index (χ4v) is 0.980. The van der Waals surface area contributed by atoms with Crippen LogP contribution < -0.4 is 0 Å². The van der Waals surface area contributed by atoms with Gasteiger partial charge in [-0.1, -0.05) is 0 Å². The van der Waals surface area contributed by atoms with Gasteiger partial charge in [-0.2, -0.15) is 14.0 Å². The maximum Gasteiger partial charge on any atom is 0.375 e. The van der Waals surface area contributed by atoms with Gasteiger partial charge in [-0.25, -0.2) is 4.79 Å². The number of carboxylic acid groups (broad SMARTS) is 1. The average molecular weight is 206 g/mol. The van der Waals surface area contributed by atoms with Crippen molar-refractivity contribution >= 4 is 5.97 Å². The molecular weight excluding hydrogens is 194 g/mol. The topological polar surface area (TPSA) is 64.3 Å². The predicted molar refractivity (Wildman–Crippen MR) is 44.9 cm³/mol. The van der Waals surface area contributed by atoms with Gasteiger partial charge >= 0.3 is 11.9 Å². The molecule has 0 aromatic carbocycles. The number of rotatable bonds is 5. The zero-order chi connectivity index (χ0) is 11.4. The molecule has 80 valence electrons. The Morgan fingerprint density at radius 1 is 1.71 bits per heavy atom. The third-order valence-electron chi connectivity index (χ3n) is 1.59. The molecule has 0 bridgehead atoms. The van der Waals surface area contributed by atoms with E-state index >= 15 is 0 Å². The number of carboxylic acids is 1. The molecule has 0 amide bonds. The second kappa shape index (κ2) is 4.86. The fourth-order valence-electron chi connectivity index (χ4n) is 0.980. The van der Waals surface area contributed by atoms with Crippen LogP contribution in [0.25, 0.3) is 0 Å². The van der Waals surface area contributed by atoms with Crippen LogP contribution in [0.1, 0.15) is 6.92 Å². The molecule has 0 fully saturated rings. The standard InChI is InChI=1S/C8H12F2N2O2/c1-6(3-11)4-12(2)5-8(9,10)7(13)14/h6H,4-5H2,1-2H3,(H,13,14). The number of hydrogen-bond donors (Lipinski definition) is 1. The first-order valence-corrected chi connectivity index (χ1v) is 3.99. The zero-order valence-electron chi connectivity index (χ0n) is 8.00. The van der Waals surface area contributed by atoms with Gasteiger partial charge in [-0.3, -0.25) is 4.90 Å². The molecule has 0 aromatic heterocycles. The summed E-state index contributed by atoms with van der Waals surface area (Å²) in [6.45, 7) is 0.823. The SMILES string of the molecule is CC(C#N)CN(C)CC(F)(F)C(=O)O. The van der Waals surface area contributed by atoms with E-state index < -0.39 is 24.4 Å². The van der Waals surface area contributed by atoms with Crippen molar-refractivity contribution in [3.8, 4) is 6.07 Å². The van der Waals surface area contributed by atoms with Crippen molar-refractivity contribution in [3.63, 3.8) is 0 Å². The lowest BCUT2D eigenvalue weighted by atomic mass is 10.2. The van der Waals surface area contributed by atoms with Crippen molar-refractivity contribution in [2.75, 3.05) is 20.1 Å². The maximum absolute atomic E-state index is 12.6. The van der Waals surface area contributed by atoms with Gasteiger partial charge in [0.25, 0.3) is 0 Å². The molecule has 0 saturated heterocycles. The van der Waals surface area contributed by atoms with E-state index in [-0.39, 0.29) is 6.54 Å². The van der Waals surface area contributed by atoms with E-state index in [9.17, 15) is 13.6 Å². The highest BCUT2D eigenvalue weighted by molar-refractivity contribution is 5.75. The molecule has 0 radical (unpaired) electrons. The fraction of sp³-hybridized carbons (Fsp3) is 0.750. The molecular formula is C8H12F2N2O2. The monoisotopic (exact) mass is 206 g/mol. The molecule has 1 atom stereocenters. The molecule has 0 saturated carbocycles. The van der Waals surface area contributed by atoms with Gasteiger partial charge in [0.2, 0.25) is 0 Å². The highest BCUT2D eigenvalue weighted by Crippen LogP contribution is 2.15. The summed E-state index contributed by atoms with van der Waals surface area (Å²) in [5.74, 6) is -6.30. The number of hydrogen-bond acceptors (Lipinski definition) is 3. The Labute approximate surface area is 80.7 Å². The molecule has 0 spiro atoms. The summed E-state index contributed by atoms with van der Waals surface area (Å²) in [6, 6.07) is 1.88. The first kappa shape index (κ1) is 12.8. The Morgan fingerprint density at radius 2 is 2.21 bits per heavy atom. The number of carbonyl (C=O) groups is 1. The van der Waals surface area contributed by atoms with E-state index in [0.29, 0.717) is 0 Å². The van der Waals surface area contributed by atoms with Gasteiger partial charge in [0.1, 0.15) is 0 Å². The van der Waals surface area contributed by atoms with E-state index in [4.69, 9.17) is 10.4 Å². The quantitative estimate of drug-likeness (QED) is 0.722. The van der Waals surface area contributed by atoms with Gasteiger partial charge in [0.15, 0.2) is 0 Å². The molecule has 1 N–H and O–H groups in total. The van der Waals surface area contributed by atoms with Crippen LogP contribution in [0.15, 0.2) is 0 Å². The summed E-state index contributed by atoms with van der Waals surface area (Å²) in [6.07, 6.45) is 0. The third-order valence-corrected chi connectivity index (χ3v) is 1.59. The largest absolute Gasteiger partial charge is 0.477 e. The van der Waals surface area contributed by atoms with Gasteiger partial charge in [0.05, 0.1) is 18.5 Å². The molecule has 0 aliphatic rings. The first-order valence-electron chi connectivity index (χ1n) is 3.99. The van der Waals surface area contributed by atoms with Crippen LogP contribution in [0, 0.1) is 17.2 Å². The van der Waals surface area contributed by atoms with E-state index in [1.54, 1.807) is 6.92 Å². The lowest BCUT2D eigenvalue weighted by Gasteiger charge is -2.21. The number of nitriles is 1. The van der Waals surface area contributed by atoms with Crippen molar-refractivity contribution in [2.24, 2.45) is 5.92 Å². The van der Waals surface area contributed by atoms with Crippen LogP contribution in [-0.2, 0) is 4.79 Å². The van der Waals surface area contributed by atoms with Crippen LogP contribution >= 0.6 is 0 Å². The average Bonchev–Trinajstić information content (AvgIpc) is 2.02. The number of halogens is 2. The minimum Gasteiger partial charge on any atom is -0.477 e. The predicted octanol–water partition coefficient (Wildman–Crippen LogP) is 0.798. The number of alkyl halides is 2. The summed E-state index contributed by atoms with van der Waals surface area (Å²) in [5, 5.41) is 16.6. The summed E-state index contributed by atoms with van der Waals surface area (Å²) < 4.78 is 25.3. The first-order chi connectivity index (χ1) is 6.29. The van der Waals surface area contributed by atoms with Gasteiger partial charge < -0.3 is 5.11 Å². The van der Waals surface area contributed by atoms with E-state index in [1.165, 1.54) is 7.05 Å². The summed E-state index contributed by atoms with van der Waals surface area (Å²) in [4.78, 5) is 11.2. The minimum atomic E-state index is -3.76. The van der Waals surface area contributed by atoms with Crippen molar-refractivity contribution in [3.05, 3.63) is 0 Å². The molecule has 0 aliphatic heterocycles. The lowest BCUT2D eigenvalue weighted by molar-refractivity contribution is -0.167. The minimum absolute atomic E-state index is 0.124. The molecule has 0 aliphatic carbocycles. The highest BCUT2D eigenvalue weighted by atomic mass is 19.3. The van der Waals surface area contributed by atoms with Crippen LogP contribution in [0.5, 0.6) is 0 Å². The lowest BCUT2D eigenvalue weighted by Crippen LogP contribution is -2.42. The highest BCUT2D eigenvalue weighted by Gasteiger charge is 2.39. The summed E-state index contributed by atoms with van der Waals surface area (Å²) in [5.41, 5.74) is 0. The van der Waals surface area contributed by atoms with Crippen molar-refractivity contribution < 1.29 is 18.7 Å². The van der Waals surface area contributed by atoms with Gasteiger partial charge in [-0.05, 0) is 14.0 Å².